The Morgan fingerprint density at radius 3 is 2.70 bits per heavy atom. The Hall–Kier alpha value is -3.07. The van der Waals surface area contributed by atoms with Gasteiger partial charge >= 0.3 is 0 Å². The minimum atomic E-state index is -0.363. The highest BCUT2D eigenvalue weighted by Crippen LogP contribution is 2.19. The van der Waals surface area contributed by atoms with Gasteiger partial charge in [0.15, 0.2) is 5.84 Å². The third kappa shape index (κ3) is 2.84. The maximum atomic E-state index is 8.78. The maximum absolute atomic E-state index is 8.78. The van der Waals surface area contributed by atoms with Crippen molar-refractivity contribution in [2.75, 3.05) is 5.43 Å². The molecule has 0 aliphatic heterocycles. The van der Waals surface area contributed by atoms with E-state index in [0.29, 0.717) is 5.69 Å². The predicted molar refractivity (Wildman–Crippen MR) is 79.1 cm³/mol. The number of nitriles is 1. The molecule has 0 saturated carbocycles. The van der Waals surface area contributed by atoms with E-state index in [-0.39, 0.29) is 11.5 Å². The van der Waals surface area contributed by atoms with Crippen molar-refractivity contribution in [2.45, 2.75) is 6.92 Å². The molecule has 1 heterocycles. The number of nitrogens with zero attached hydrogens (tertiary/aromatic N) is 3. The first-order valence-corrected chi connectivity index (χ1v) is 5.94. The molecule has 0 saturated heterocycles. The standard InChI is InChI=1S/C14H14N6/c1-10-4-5-11(18-19-12(9-15)14(16)17)8-13(10)20-6-2-3-7-20/h2-8,18H,1H3,(H3,16,17)/b19-12+. The molecule has 0 amide bonds. The summed E-state index contributed by atoms with van der Waals surface area (Å²) < 4.78 is 1.99. The van der Waals surface area contributed by atoms with Crippen LogP contribution in [0.4, 0.5) is 5.69 Å². The van der Waals surface area contributed by atoms with E-state index in [4.69, 9.17) is 16.4 Å². The normalized spacial score (nSPS) is 10.9. The molecular weight excluding hydrogens is 252 g/mol. The number of nitrogens with two attached hydrogens (primary N) is 1. The molecule has 100 valence electrons. The lowest BCUT2D eigenvalue weighted by atomic mass is 10.2. The lowest BCUT2D eigenvalue weighted by molar-refractivity contribution is 1.06. The molecule has 0 fully saturated rings. The number of hydrogen-bond acceptors (Lipinski definition) is 4. The Balaban J connectivity index is 2.29. The molecule has 1 aromatic heterocycles. The highest BCUT2D eigenvalue weighted by atomic mass is 15.3. The zero-order valence-electron chi connectivity index (χ0n) is 11.0. The molecule has 0 bridgehead atoms. The van der Waals surface area contributed by atoms with Crippen molar-refractivity contribution in [3.05, 3.63) is 48.3 Å². The van der Waals surface area contributed by atoms with Crippen molar-refractivity contribution in [1.82, 2.24) is 4.57 Å². The molecule has 2 aromatic rings. The summed E-state index contributed by atoms with van der Waals surface area (Å²) in [5.41, 5.74) is 10.7. The lowest BCUT2D eigenvalue weighted by Crippen LogP contribution is -2.21. The summed E-state index contributed by atoms with van der Waals surface area (Å²) in [6.45, 7) is 2.01. The molecule has 6 heteroatoms. The summed E-state index contributed by atoms with van der Waals surface area (Å²) >= 11 is 0. The van der Waals surface area contributed by atoms with Gasteiger partial charge in [0.1, 0.15) is 6.07 Å². The van der Waals surface area contributed by atoms with Gasteiger partial charge < -0.3 is 10.3 Å². The van der Waals surface area contributed by atoms with Crippen LogP contribution in [0.1, 0.15) is 5.56 Å². The first kappa shape index (κ1) is 13.4. The van der Waals surface area contributed by atoms with Crippen molar-refractivity contribution in [3.8, 4) is 11.8 Å². The molecule has 0 aliphatic carbocycles. The number of rotatable bonds is 4. The molecular formula is C14H14N6. The van der Waals surface area contributed by atoms with Crippen LogP contribution >= 0.6 is 0 Å². The van der Waals surface area contributed by atoms with E-state index >= 15 is 0 Å². The van der Waals surface area contributed by atoms with Crippen LogP contribution in [0.5, 0.6) is 0 Å². The van der Waals surface area contributed by atoms with E-state index in [2.05, 4.69) is 10.5 Å². The number of amidine groups is 1. The van der Waals surface area contributed by atoms with Crippen molar-refractivity contribution < 1.29 is 0 Å². The number of anilines is 1. The average molecular weight is 266 g/mol. The molecule has 2 rings (SSSR count). The summed E-state index contributed by atoms with van der Waals surface area (Å²) in [6.07, 6.45) is 3.90. The number of aromatic nitrogens is 1. The van der Waals surface area contributed by atoms with E-state index in [1.807, 2.05) is 54.2 Å². The highest BCUT2D eigenvalue weighted by molar-refractivity contribution is 6.45. The Kier molecular flexibility index (Phi) is 3.82. The zero-order chi connectivity index (χ0) is 14.5. The highest BCUT2D eigenvalue weighted by Gasteiger charge is 2.03. The summed E-state index contributed by atoms with van der Waals surface area (Å²) in [4.78, 5) is 0. The van der Waals surface area contributed by atoms with Gasteiger partial charge in [-0.3, -0.25) is 10.8 Å². The van der Waals surface area contributed by atoms with Crippen molar-refractivity contribution in [1.29, 1.82) is 10.7 Å². The zero-order valence-corrected chi connectivity index (χ0v) is 11.0. The Labute approximate surface area is 116 Å². The summed E-state index contributed by atoms with van der Waals surface area (Å²) in [6, 6.07) is 11.4. The van der Waals surface area contributed by atoms with E-state index in [1.54, 1.807) is 6.07 Å². The third-order valence-electron chi connectivity index (χ3n) is 2.75. The van der Waals surface area contributed by atoms with Crippen LogP contribution in [0.25, 0.3) is 5.69 Å². The van der Waals surface area contributed by atoms with Crippen LogP contribution in [-0.2, 0) is 0 Å². The van der Waals surface area contributed by atoms with E-state index in [1.165, 1.54) is 0 Å². The molecule has 20 heavy (non-hydrogen) atoms. The van der Waals surface area contributed by atoms with Gasteiger partial charge in [-0.2, -0.15) is 10.4 Å². The first-order valence-electron chi connectivity index (χ1n) is 5.94. The summed E-state index contributed by atoms with van der Waals surface area (Å²) in [5, 5.41) is 19.8. The van der Waals surface area contributed by atoms with Gasteiger partial charge in [0.05, 0.1) is 5.69 Å². The Morgan fingerprint density at radius 2 is 2.10 bits per heavy atom. The fourth-order valence-corrected chi connectivity index (χ4v) is 1.72. The average Bonchev–Trinajstić information content (AvgIpc) is 2.94. The van der Waals surface area contributed by atoms with Gasteiger partial charge in [-0.1, -0.05) is 6.07 Å². The molecule has 1 aromatic carbocycles. The molecule has 4 N–H and O–H groups in total. The second-order valence-corrected chi connectivity index (χ2v) is 4.19. The molecule has 6 nitrogen and oxygen atoms in total. The lowest BCUT2D eigenvalue weighted by Gasteiger charge is -2.09. The molecule has 0 spiro atoms. The van der Waals surface area contributed by atoms with Gasteiger partial charge in [0, 0.05) is 18.1 Å². The van der Waals surface area contributed by atoms with Gasteiger partial charge in [-0.05, 0) is 36.8 Å². The third-order valence-corrected chi connectivity index (χ3v) is 2.75. The van der Waals surface area contributed by atoms with Gasteiger partial charge in [0.2, 0.25) is 5.71 Å². The second-order valence-electron chi connectivity index (χ2n) is 4.19. The number of benzene rings is 1. The largest absolute Gasteiger partial charge is 0.382 e. The topological polar surface area (TPSA) is 103 Å². The van der Waals surface area contributed by atoms with Gasteiger partial charge in [-0.25, -0.2) is 0 Å². The van der Waals surface area contributed by atoms with Crippen LogP contribution in [0.3, 0.4) is 0 Å². The number of nitrogens with one attached hydrogen (secondary N) is 2. The Morgan fingerprint density at radius 1 is 1.40 bits per heavy atom. The van der Waals surface area contributed by atoms with Crippen LogP contribution in [0.2, 0.25) is 0 Å². The van der Waals surface area contributed by atoms with Gasteiger partial charge in [-0.15, -0.1) is 0 Å². The monoisotopic (exact) mass is 266 g/mol. The maximum Gasteiger partial charge on any atom is 0.201 e. The van der Waals surface area contributed by atoms with E-state index in [9.17, 15) is 0 Å². The molecule has 0 radical (unpaired) electrons. The Bertz CT molecular complexity index is 691. The molecule has 0 unspecified atom stereocenters. The first-order chi connectivity index (χ1) is 9.61. The number of aryl methyl sites for hydroxylation is 1. The van der Waals surface area contributed by atoms with Crippen LogP contribution in [0.15, 0.2) is 47.8 Å². The van der Waals surface area contributed by atoms with E-state index in [0.717, 1.165) is 11.3 Å². The van der Waals surface area contributed by atoms with Crippen LogP contribution < -0.4 is 11.2 Å². The smallest absolute Gasteiger partial charge is 0.201 e. The number of hydrazone groups is 1. The van der Waals surface area contributed by atoms with Crippen molar-refractivity contribution >= 4 is 17.2 Å². The van der Waals surface area contributed by atoms with Crippen molar-refractivity contribution in [3.63, 3.8) is 0 Å². The van der Waals surface area contributed by atoms with Gasteiger partial charge in [0.25, 0.3) is 0 Å². The fourth-order valence-electron chi connectivity index (χ4n) is 1.72. The number of hydrogen-bond donors (Lipinski definition) is 3. The van der Waals surface area contributed by atoms with E-state index < -0.39 is 0 Å². The van der Waals surface area contributed by atoms with Crippen LogP contribution in [-0.4, -0.2) is 16.1 Å². The second kappa shape index (κ2) is 5.71. The summed E-state index contributed by atoms with van der Waals surface area (Å²) in [5.74, 6) is -0.363. The molecule has 0 aliphatic rings. The predicted octanol–water partition coefficient (Wildman–Crippen LogP) is 2.01. The quantitative estimate of drug-likeness (QED) is 0.448. The SMILES string of the molecule is Cc1ccc(N/N=C(\C#N)C(=N)N)cc1-n1cccc1. The minimum absolute atomic E-state index is 0.145. The fraction of sp³-hybridized carbons (Fsp3) is 0.0714. The van der Waals surface area contributed by atoms with Crippen molar-refractivity contribution in [2.24, 2.45) is 10.8 Å². The summed E-state index contributed by atoms with van der Waals surface area (Å²) in [7, 11) is 0. The minimum Gasteiger partial charge on any atom is -0.382 e. The molecule has 0 atom stereocenters. The van der Waals surface area contributed by atoms with Crippen LogP contribution in [0, 0.1) is 23.7 Å².